The Balaban J connectivity index is 1.28. The van der Waals surface area contributed by atoms with Gasteiger partial charge in [-0.25, -0.2) is 4.79 Å². The Kier molecular flexibility index (Phi) is 4.90. The molecule has 0 bridgehead atoms. The summed E-state index contributed by atoms with van der Waals surface area (Å²) in [5, 5.41) is 20.9. The van der Waals surface area contributed by atoms with Gasteiger partial charge in [0.05, 0.1) is 11.4 Å². The molecule has 3 N–H and O–H groups in total. The quantitative estimate of drug-likeness (QED) is 0.491. The van der Waals surface area contributed by atoms with Crippen molar-refractivity contribution < 1.29 is 24.2 Å². The van der Waals surface area contributed by atoms with Crippen molar-refractivity contribution in [1.82, 2.24) is 15.1 Å². The molecular weight excluding hydrogens is 436 g/mol. The number of amides is 2. The van der Waals surface area contributed by atoms with Crippen molar-refractivity contribution in [2.75, 3.05) is 12.1 Å². The number of aromatic hydroxyl groups is 1. The van der Waals surface area contributed by atoms with Gasteiger partial charge < -0.3 is 25.2 Å². The minimum absolute atomic E-state index is 0.0217. The van der Waals surface area contributed by atoms with E-state index in [2.05, 4.69) is 15.7 Å². The summed E-state index contributed by atoms with van der Waals surface area (Å²) >= 11 is 0. The highest BCUT2D eigenvalue weighted by molar-refractivity contribution is 6.05. The van der Waals surface area contributed by atoms with Gasteiger partial charge in [0.15, 0.2) is 11.5 Å². The van der Waals surface area contributed by atoms with E-state index >= 15 is 0 Å². The maximum absolute atomic E-state index is 12.8. The number of phenolic OH excluding ortho intramolecular Hbond substituents is 1. The van der Waals surface area contributed by atoms with Crippen LogP contribution in [0.4, 0.5) is 10.5 Å². The van der Waals surface area contributed by atoms with E-state index in [0.29, 0.717) is 34.0 Å². The molecule has 9 nitrogen and oxygen atoms in total. The highest BCUT2D eigenvalue weighted by atomic mass is 16.7. The zero-order valence-electron chi connectivity index (χ0n) is 18.4. The molecule has 2 heterocycles. The van der Waals surface area contributed by atoms with Crippen LogP contribution in [-0.4, -0.2) is 39.7 Å². The summed E-state index contributed by atoms with van der Waals surface area (Å²) in [5.41, 5.74) is 2.71. The van der Waals surface area contributed by atoms with Crippen LogP contribution in [-0.2, 0) is 0 Å². The zero-order valence-corrected chi connectivity index (χ0v) is 18.4. The Bertz CT molecular complexity index is 1290. The van der Waals surface area contributed by atoms with Crippen molar-refractivity contribution in [3.05, 3.63) is 53.7 Å². The van der Waals surface area contributed by atoms with E-state index in [9.17, 15) is 14.7 Å². The molecule has 6 rings (SSSR count). The summed E-state index contributed by atoms with van der Waals surface area (Å²) in [6, 6.07) is 11.6. The smallest absolute Gasteiger partial charge is 0.342 e. The van der Waals surface area contributed by atoms with Gasteiger partial charge in [0.25, 0.3) is 5.91 Å². The van der Waals surface area contributed by atoms with Crippen LogP contribution in [0.3, 0.4) is 0 Å². The summed E-state index contributed by atoms with van der Waals surface area (Å²) in [6.45, 7) is 0.135. The normalized spacial score (nSPS) is 16.7. The highest BCUT2D eigenvalue weighted by Crippen LogP contribution is 2.40. The van der Waals surface area contributed by atoms with Gasteiger partial charge in [0.2, 0.25) is 6.79 Å². The van der Waals surface area contributed by atoms with Gasteiger partial charge in [-0.05, 0) is 68.1 Å². The minimum Gasteiger partial charge on any atom is -0.507 e. The summed E-state index contributed by atoms with van der Waals surface area (Å²) in [7, 11) is 0. The topological polar surface area (TPSA) is 115 Å². The number of nitrogens with zero attached hydrogens (tertiary/aromatic N) is 2. The minimum atomic E-state index is -0.320. The summed E-state index contributed by atoms with van der Waals surface area (Å²) in [4.78, 5) is 25.6. The SMILES string of the molecule is O=C(Nc1ccc(O)c(-c2cc(C3CCC3)n(C(=O)NC3CC3)n2)c1)c1ccc2c(c1)OCO2. The first kappa shape index (κ1) is 20.6. The molecule has 2 aliphatic carbocycles. The molecule has 0 spiro atoms. The predicted molar refractivity (Wildman–Crippen MR) is 123 cm³/mol. The molecule has 2 saturated carbocycles. The first-order chi connectivity index (χ1) is 16.5. The molecule has 3 aliphatic rings. The second kappa shape index (κ2) is 8.09. The van der Waals surface area contributed by atoms with Gasteiger partial charge in [-0.15, -0.1) is 0 Å². The molecule has 2 aromatic carbocycles. The fraction of sp³-hybridized carbons (Fsp3) is 0.320. The predicted octanol–water partition coefficient (Wildman–Crippen LogP) is 4.22. The third-order valence-corrected chi connectivity index (χ3v) is 6.52. The number of rotatable bonds is 5. The number of fused-ring (bicyclic) bond motifs is 1. The summed E-state index contributed by atoms with van der Waals surface area (Å²) < 4.78 is 12.1. The number of aromatic nitrogens is 2. The van der Waals surface area contributed by atoms with E-state index in [0.717, 1.165) is 37.8 Å². The second-order valence-corrected chi connectivity index (χ2v) is 8.97. The number of nitrogens with one attached hydrogen (secondary N) is 2. The van der Waals surface area contributed by atoms with Crippen LogP contribution in [0.25, 0.3) is 11.3 Å². The van der Waals surface area contributed by atoms with Crippen LogP contribution in [0.5, 0.6) is 17.2 Å². The van der Waals surface area contributed by atoms with E-state index in [1.54, 1.807) is 30.3 Å². The number of phenols is 1. The van der Waals surface area contributed by atoms with Crippen molar-refractivity contribution in [3.63, 3.8) is 0 Å². The fourth-order valence-electron chi connectivity index (χ4n) is 4.21. The zero-order chi connectivity index (χ0) is 23.2. The van der Waals surface area contributed by atoms with Gasteiger partial charge in [-0.2, -0.15) is 9.78 Å². The fourth-order valence-corrected chi connectivity index (χ4v) is 4.21. The van der Waals surface area contributed by atoms with Crippen LogP contribution in [0.1, 0.15) is 54.1 Å². The van der Waals surface area contributed by atoms with E-state index in [4.69, 9.17) is 9.47 Å². The average Bonchev–Trinajstić information content (AvgIpc) is 3.30. The molecule has 0 saturated heterocycles. The van der Waals surface area contributed by atoms with E-state index in [1.807, 2.05) is 6.07 Å². The number of anilines is 1. The number of hydrogen-bond acceptors (Lipinski definition) is 6. The molecule has 9 heteroatoms. The molecule has 174 valence electrons. The Morgan fingerprint density at radius 2 is 1.82 bits per heavy atom. The largest absolute Gasteiger partial charge is 0.507 e. The first-order valence-electron chi connectivity index (χ1n) is 11.5. The van der Waals surface area contributed by atoms with Gasteiger partial charge in [0.1, 0.15) is 5.75 Å². The van der Waals surface area contributed by atoms with Gasteiger partial charge in [0, 0.05) is 28.8 Å². The van der Waals surface area contributed by atoms with E-state index < -0.39 is 0 Å². The molecule has 1 aliphatic heterocycles. The molecule has 34 heavy (non-hydrogen) atoms. The standard InChI is InChI=1S/C25H24N4O5/c30-21-8-7-17(26-24(31)15-4-9-22-23(10-15)34-13-33-22)11-18(21)19-12-20(14-2-1-3-14)29(28-19)25(32)27-16-5-6-16/h4,7-12,14,16,30H,1-3,5-6,13H2,(H,26,31)(H,27,32). The Morgan fingerprint density at radius 3 is 2.59 bits per heavy atom. The van der Waals surface area contributed by atoms with Gasteiger partial charge >= 0.3 is 6.03 Å². The molecule has 3 aromatic rings. The Hall–Kier alpha value is -4.01. The molecule has 0 unspecified atom stereocenters. The lowest BCUT2D eigenvalue weighted by Crippen LogP contribution is -2.33. The van der Waals surface area contributed by atoms with Crippen molar-refractivity contribution >= 4 is 17.6 Å². The lowest BCUT2D eigenvalue weighted by atomic mass is 9.82. The Morgan fingerprint density at radius 1 is 1.00 bits per heavy atom. The van der Waals surface area contributed by atoms with E-state index in [-0.39, 0.29) is 36.4 Å². The van der Waals surface area contributed by atoms with Gasteiger partial charge in [-0.1, -0.05) is 6.42 Å². The van der Waals surface area contributed by atoms with Crippen molar-refractivity contribution in [1.29, 1.82) is 0 Å². The van der Waals surface area contributed by atoms with Crippen LogP contribution < -0.4 is 20.1 Å². The third-order valence-electron chi connectivity index (χ3n) is 6.52. The number of hydrogen-bond donors (Lipinski definition) is 3. The lowest BCUT2D eigenvalue weighted by Gasteiger charge is -2.25. The maximum Gasteiger partial charge on any atom is 0.342 e. The highest BCUT2D eigenvalue weighted by Gasteiger charge is 2.30. The summed E-state index contributed by atoms with van der Waals surface area (Å²) in [5.74, 6) is 1.11. The monoisotopic (exact) mass is 460 g/mol. The number of carbonyl (C=O) groups excluding carboxylic acids is 2. The van der Waals surface area contributed by atoms with Crippen molar-refractivity contribution in [3.8, 4) is 28.5 Å². The van der Waals surface area contributed by atoms with E-state index in [1.165, 1.54) is 10.7 Å². The average molecular weight is 460 g/mol. The molecule has 2 amide bonds. The van der Waals surface area contributed by atoms with Crippen molar-refractivity contribution in [2.24, 2.45) is 0 Å². The third kappa shape index (κ3) is 3.83. The molecule has 0 atom stereocenters. The Labute approximate surface area is 195 Å². The van der Waals surface area contributed by atoms with Crippen LogP contribution in [0.2, 0.25) is 0 Å². The maximum atomic E-state index is 12.8. The second-order valence-electron chi connectivity index (χ2n) is 8.97. The molecular formula is C25H24N4O5. The molecule has 1 aromatic heterocycles. The first-order valence-corrected chi connectivity index (χ1v) is 11.5. The molecule has 0 radical (unpaired) electrons. The van der Waals surface area contributed by atoms with Crippen LogP contribution >= 0.6 is 0 Å². The number of benzene rings is 2. The lowest BCUT2D eigenvalue weighted by molar-refractivity contribution is 0.102. The van der Waals surface area contributed by atoms with Crippen LogP contribution in [0, 0.1) is 0 Å². The van der Waals surface area contributed by atoms with Crippen molar-refractivity contribution in [2.45, 2.75) is 44.1 Å². The van der Waals surface area contributed by atoms with Crippen LogP contribution in [0.15, 0.2) is 42.5 Å². The number of ether oxygens (including phenoxy) is 2. The number of carbonyl (C=O) groups is 2. The summed E-state index contributed by atoms with van der Waals surface area (Å²) in [6.07, 6.45) is 5.13. The van der Waals surface area contributed by atoms with Gasteiger partial charge in [-0.3, -0.25) is 4.79 Å². The molecule has 2 fully saturated rings.